The topological polar surface area (TPSA) is 135 Å². The number of benzene rings is 2. The van der Waals surface area contributed by atoms with Crippen molar-refractivity contribution in [2.45, 2.75) is 39.4 Å². The summed E-state index contributed by atoms with van der Waals surface area (Å²) in [6.07, 6.45) is -3.35. The maximum absolute atomic E-state index is 14.1. The standard InChI is InChI=1S/C28H26Cl2F3N7O2/c1-5-35-25-36-12-13-11-16(24(37-23(13)38-25)39-26(42)40-27(2,3)4)20-18(29)10-9-14(21(20)30)19-15(22(34)41)7-6-8-17(19)28(31,32)33/h6-12H,5H2,1-4H3,(H2,34,41)(H3,35,36,37,38,39,40,42). The average molecular weight is 620 g/mol. The summed E-state index contributed by atoms with van der Waals surface area (Å²) in [5, 5.41) is 8.65. The number of nitrogens with zero attached hydrogens (tertiary/aromatic N) is 3. The molecule has 0 aliphatic heterocycles. The van der Waals surface area contributed by atoms with E-state index in [9.17, 15) is 22.8 Å². The molecule has 0 saturated heterocycles. The number of primary amides is 1. The molecule has 2 heterocycles. The van der Waals surface area contributed by atoms with E-state index in [4.69, 9.17) is 28.9 Å². The van der Waals surface area contributed by atoms with Crippen LogP contribution in [0.5, 0.6) is 0 Å². The van der Waals surface area contributed by atoms with Gasteiger partial charge in [-0.25, -0.2) is 14.8 Å². The molecule has 0 saturated carbocycles. The first-order chi connectivity index (χ1) is 19.6. The van der Waals surface area contributed by atoms with Crippen molar-refractivity contribution in [3.63, 3.8) is 0 Å². The summed E-state index contributed by atoms with van der Waals surface area (Å²) in [6.45, 7) is 7.76. The van der Waals surface area contributed by atoms with Gasteiger partial charge in [0, 0.05) is 51.5 Å². The number of pyridine rings is 1. The lowest BCUT2D eigenvalue weighted by molar-refractivity contribution is -0.137. The van der Waals surface area contributed by atoms with Crippen molar-refractivity contribution in [1.29, 1.82) is 0 Å². The van der Waals surface area contributed by atoms with Crippen LogP contribution in [0.4, 0.5) is 29.7 Å². The Balaban J connectivity index is 2.02. The van der Waals surface area contributed by atoms with Crippen LogP contribution in [0, 0.1) is 0 Å². The van der Waals surface area contributed by atoms with Crippen LogP contribution in [-0.4, -0.2) is 39.0 Å². The second-order valence-electron chi connectivity index (χ2n) is 10.2. The summed E-state index contributed by atoms with van der Waals surface area (Å²) in [6, 6.07) is 6.65. The van der Waals surface area contributed by atoms with Gasteiger partial charge in [-0.3, -0.25) is 10.1 Å². The third kappa shape index (κ3) is 6.50. The Kier molecular flexibility index (Phi) is 8.51. The normalized spacial score (nSPS) is 11.8. The van der Waals surface area contributed by atoms with Gasteiger partial charge >= 0.3 is 12.2 Å². The molecule has 0 fully saturated rings. The number of hydrogen-bond acceptors (Lipinski definition) is 6. The number of carbonyl (C=O) groups excluding carboxylic acids is 2. The number of aromatic nitrogens is 3. The predicted octanol–water partition coefficient (Wildman–Crippen LogP) is 7.14. The second-order valence-corrected chi connectivity index (χ2v) is 11.0. The first-order valence-electron chi connectivity index (χ1n) is 12.6. The Bertz CT molecular complexity index is 1710. The van der Waals surface area contributed by atoms with Crippen LogP contribution < -0.4 is 21.7 Å². The molecule has 2 aromatic carbocycles. The SMILES string of the molecule is CCNc1ncc2cc(-c3c(Cl)ccc(-c4c(C(N)=O)cccc4C(F)(F)F)c3Cl)c(NC(=O)NC(C)(C)C)nc2n1. The minimum atomic E-state index is -4.84. The minimum absolute atomic E-state index is 0.0226. The molecule has 0 aliphatic carbocycles. The molecule has 4 aromatic rings. The highest BCUT2D eigenvalue weighted by Crippen LogP contribution is 2.47. The van der Waals surface area contributed by atoms with Gasteiger partial charge in [-0.2, -0.15) is 18.2 Å². The lowest BCUT2D eigenvalue weighted by Crippen LogP contribution is -2.43. The van der Waals surface area contributed by atoms with Gasteiger partial charge < -0.3 is 16.4 Å². The van der Waals surface area contributed by atoms with E-state index >= 15 is 0 Å². The maximum atomic E-state index is 14.1. The minimum Gasteiger partial charge on any atom is -0.366 e. The number of rotatable bonds is 6. The zero-order chi connectivity index (χ0) is 31.0. The fourth-order valence-electron chi connectivity index (χ4n) is 4.25. The van der Waals surface area contributed by atoms with Gasteiger partial charge in [0.15, 0.2) is 5.65 Å². The monoisotopic (exact) mass is 619 g/mol. The van der Waals surface area contributed by atoms with Crippen LogP contribution >= 0.6 is 23.2 Å². The Hall–Kier alpha value is -4.16. The van der Waals surface area contributed by atoms with E-state index in [-0.39, 0.29) is 43.8 Å². The van der Waals surface area contributed by atoms with Crippen molar-refractivity contribution in [2.75, 3.05) is 17.2 Å². The van der Waals surface area contributed by atoms with Crippen molar-refractivity contribution in [2.24, 2.45) is 5.73 Å². The molecule has 220 valence electrons. The number of hydrogen-bond donors (Lipinski definition) is 4. The van der Waals surface area contributed by atoms with Gasteiger partial charge in [0.05, 0.1) is 15.6 Å². The number of halogens is 5. The van der Waals surface area contributed by atoms with Crippen molar-refractivity contribution in [3.05, 3.63) is 63.8 Å². The maximum Gasteiger partial charge on any atom is 0.417 e. The van der Waals surface area contributed by atoms with Crippen LogP contribution in [0.25, 0.3) is 33.3 Å². The van der Waals surface area contributed by atoms with Crippen molar-refractivity contribution < 1.29 is 22.8 Å². The molecule has 42 heavy (non-hydrogen) atoms. The Morgan fingerprint density at radius 1 is 1.00 bits per heavy atom. The zero-order valence-electron chi connectivity index (χ0n) is 22.9. The number of alkyl halides is 3. The summed E-state index contributed by atoms with van der Waals surface area (Å²) in [7, 11) is 0. The lowest BCUT2D eigenvalue weighted by atomic mass is 9.91. The third-order valence-electron chi connectivity index (χ3n) is 5.89. The van der Waals surface area contributed by atoms with Crippen LogP contribution in [0.1, 0.15) is 43.6 Å². The van der Waals surface area contributed by atoms with E-state index < -0.39 is 34.8 Å². The first-order valence-corrected chi connectivity index (χ1v) is 13.4. The number of amides is 3. The summed E-state index contributed by atoms with van der Waals surface area (Å²) < 4.78 is 42.3. The Labute approximate surface area is 249 Å². The van der Waals surface area contributed by atoms with E-state index in [0.29, 0.717) is 17.9 Å². The first kappa shape index (κ1) is 30.8. The van der Waals surface area contributed by atoms with Gasteiger partial charge in [-0.15, -0.1) is 0 Å². The molecule has 0 unspecified atom stereocenters. The fraction of sp³-hybridized carbons (Fsp3) is 0.250. The molecular weight excluding hydrogens is 594 g/mol. The smallest absolute Gasteiger partial charge is 0.366 e. The molecule has 0 aliphatic rings. The number of carbonyl (C=O) groups is 2. The molecule has 14 heteroatoms. The molecule has 3 amide bonds. The quantitative estimate of drug-likeness (QED) is 0.181. The predicted molar refractivity (Wildman–Crippen MR) is 158 cm³/mol. The Morgan fingerprint density at radius 2 is 1.71 bits per heavy atom. The summed E-state index contributed by atoms with van der Waals surface area (Å²) in [4.78, 5) is 38.3. The van der Waals surface area contributed by atoms with Crippen molar-refractivity contribution in [3.8, 4) is 22.3 Å². The number of nitrogens with one attached hydrogen (secondary N) is 3. The molecule has 2 aromatic heterocycles. The van der Waals surface area contributed by atoms with Crippen LogP contribution in [0.15, 0.2) is 42.6 Å². The van der Waals surface area contributed by atoms with E-state index in [1.54, 1.807) is 26.8 Å². The van der Waals surface area contributed by atoms with Gasteiger partial charge in [0.1, 0.15) is 5.82 Å². The molecule has 4 rings (SSSR count). The van der Waals surface area contributed by atoms with E-state index in [1.807, 2.05) is 6.92 Å². The van der Waals surface area contributed by atoms with Gasteiger partial charge in [0.2, 0.25) is 11.9 Å². The van der Waals surface area contributed by atoms with Crippen LogP contribution in [-0.2, 0) is 6.18 Å². The number of urea groups is 1. The molecule has 0 atom stereocenters. The highest BCUT2D eigenvalue weighted by atomic mass is 35.5. The van der Waals surface area contributed by atoms with Gasteiger partial charge in [-0.1, -0.05) is 35.3 Å². The molecule has 0 bridgehead atoms. The zero-order valence-corrected chi connectivity index (χ0v) is 24.4. The second kappa shape index (κ2) is 11.6. The van der Waals surface area contributed by atoms with Gasteiger partial charge in [0.25, 0.3) is 0 Å². The highest BCUT2D eigenvalue weighted by molar-refractivity contribution is 6.41. The van der Waals surface area contributed by atoms with Gasteiger partial charge in [-0.05, 0) is 52.0 Å². The van der Waals surface area contributed by atoms with Crippen LogP contribution in [0.3, 0.4) is 0 Å². The van der Waals surface area contributed by atoms with Crippen molar-refractivity contribution in [1.82, 2.24) is 20.3 Å². The molecule has 0 radical (unpaired) electrons. The average Bonchev–Trinajstić information content (AvgIpc) is 2.87. The van der Waals surface area contributed by atoms with E-state index in [1.165, 1.54) is 24.4 Å². The molecule has 9 nitrogen and oxygen atoms in total. The summed E-state index contributed by atoms with van der Waals surface area (Å²) >= 11 is 13.4. The van der Waals surface area contributed by atoms with Crippen molar-refractivity contribution >= 4 is 57.9 Å². The molecular formula is C28H26Cl2F3N7O2. The largest absolute Gasteiger partial charge is 0.417 e. The fourth-order valence-corrected chi connectivity index (χ4v) is 4.92. The molecule has 5 N–H and O–H groups in total. The van der Waals surface area contributed by atoms with E-state index in [0.717, 1.165) is 12.1 Å². The Morgan fingerprint density at radius 3 is 2.33 bits per heavy atom. The number of anilines is 2. The summed E-state index contributed by atoms with van der Waals surface area (Å²) in [5.74, 6) is -0.799. The summed E-state index contributed by atoms with van der Waals surface area (Å²) in [5.41, 5.74) is 3.14. The number of nitrogens with two attached hydrogens (primary N) is 1. The number of fused-ring (bicyclic) bond motifs is 1. The van der Waals surface area contributed by atoms with Crippen LogP contribution in [0.2, 0.25) is 10.0 Å². The third-order valence-corrected chi connectivity index (χ3v) is 6.60. The lowest BCUT2D eigenvalue weighted by Gasteiger charge is -2.22. The highest BCUT2D eigenvalue weighted by Gasteiger charge is 2.36. The van der Waals surface area contributed by atoms with E-state index in [2.05, 4.69) is 30.9 Å². The molecule has 0 spiro atoms.